The van der Waals surface area contributed by atoms with Crippen LogP contribution in [0.25, 0.3) is 0 Å². The van der Waals surface area contributed by atoms with E-state index in [1.807, 2.05) is 0 Å². The van der Waals surface area contributed by atoms with Crippen LogP contribution in [-0.4, -0.2) is 35.4 Å². The van der Waals surface area contributed by atoms with Gasteiger partial charge in [0.05, 0.1) is 6.33 Å². The van der Waals surface area contributed by atoms with Crippen molar-refractivity contribution in [2.24, 2.45) is 0 Å². The van der Waals surface area contributed by atoms with Crippen LogP contribution < -0.4 is 25.1 Å². The van der Waals surface area contributed by atoms with Gasteiger partial charge >= 0.3 is 0 Å². The molecule has 0 saturated heterocycles. The molecule has 0 bridgehead atoms. The zero-order chi connectivity index (χ0) is 17.8. The van der Waals surface area contributed by atoms with Gasteiger partial charge in [-0.25, -0.2) is 4.98 Å². The molecular weight excluding hydrogens is 326 g/mol. The SMILES string of the molecule is Cc1ncn(CCNC(=O)COc2ccc3c(c2)OCO3)c(=O)c1C. The smallest absolute Gasteiger partial charge is 0.258 e. The molecule has 3 rings (SSSR count). The van der Waals surface area contributed by atoms with Gasteiger partial charge in [0, 0.05) is 30.4 Å². The zero-order valence-corrected chi connectivity index (χ0v) is 14.1. The number of nitrogens with zero attached hydrogens (tertiary/aromatic N) is 2. The van der Waals surface area contributed by atoms with Gasteiger partial charge in [0.15, 0.2) is 18.1 Å². The fourth-order valence-corrected chi connectivity index (χ4v) is 2.32. The summed E-state index contributed by atoms with van der Waals surface area (Å²) in [4.78, 5) is 28.0. The molecule has 8 heteroatoms. The molecule has 0 unspecified atom stereocenters. The van der Waals surface area contributed by atoms with Crippen LogP contribution in [0.15, 0.2) is 29.3 Å². The van der Waals surface area contributed by atoms with Gasteiger partial charge in [-0.3, -0.25) is 14.2 Å². The molecule has 1 aliphatic heterocycles. The number of aromatic nitrogens is 2. The third-order valence-electron chi connectivity index (χ3n) is 3.90. The summed E-state index contributed by atoms with van der Waals surface area (Å²) >= 11 is 0. The molecule has 1 N–H and O–H groups in total. The Hall–Kier alpha value is -3.03. The summed E-state index contributed by atoms with van der Waals surface area (Å²) in [5.74, 6) is 1.50. The van der Waals surface area contributed by atoms with Crippen molar-refractivity contribution >= 4 is 5.91 Å². The summed E-state index contributed by atoms with van der Waals surface area (Å²) in [7, 11) is 0. The van der Waals surface area contributed by atoms with Gasteiger partial charge in [-0.15, -0.1) is 0 Å². The van der Waals surface area contributed by atoms with Gasteiger partial charge in [0.25, 0.3) is 11.5 Å². The highest BCUT2D eigenvalue weighted by atomic mass is 16.7. The van der Waals surface area contributed by atoms with Crippen LogP contribution in [0, 0.1) is 13.8 Å². The van der Waals surface area contributed by atoms with Gasteiger partial charge in [-0.2, -0.15) is 0 Å². The van der Waals surface area contributed by atoms with E-state index in [2.05, 4.69) is 10.3 Å². The molecule has 0 spiro atoms. The molecule has 132 valence electrons. The van der Waals surface area contributed by atoms with Crippen LogP contribution in [0.4, 0.5) is 0 Å². The Kier molecular flexibility index (Phi) is 4.87. The number of ether oxygens (including phenoxy) is 3. The van der Waals surface area contributed by atoms with Crippen LogP contribution in [0.1, 0.15) is 11.3 Å². The molecule has 1 aliphatic rings. The minimum atomic E-state index is -0.275. The van der Waals surface area contributed by atoms with Crippen LogP contribution >= 0.6 is 0 Å². The maximum Gasteiger partial charge on any atom is 0.258 e. The molecule has 0 aliphatic carbocycles. The number of carbonyl (C=O) groups excluding carboxylic acids is 1. The van der Waals surface area contributed by atoms with Crippen LogP contribution in [0.2, 0.25) is 0 Å². The standard InChI is InChI=1S/C17H19N3O5/c1-11-12(2)19-9-20(17(11)22)6-5-18-16(21)8-23-13-3-4-14-15(7-13)25-10-24-14/h3-4,7,9H,5-6,8,10H2,1-2H3,(H,18,21). The predicted octanol–water partition coefficient (Wildman–Crippen LogP) is 0.784. The Balaban J connectivity index is 1.46. The summed E-state index contributed by atoms with van der Waals surface area (Å²) in [6, 6.07) is 5.12. The number of nitrogens with one attached hydrogen (secondary N) is 1. The first-order chi connectivity index (χ1) is 12.0. The highest BCUT2D eigenvalue weighted by Gasteiger charge is 2.14. The fourth-order valence-electron chi connectivity index (χ4n) is 2.32. The molecule has 0 radical (unpaired) electrons. The lowest BCUT2D eigenvalue weighted by Gasteiger charge is -2.10. The second kappa shape index (κ2) is 7.25. The van der Waals surface area contributed by atoms with Crippen molar-refractivity contribution in [3.8, 4) is 17.2 Å². The Morgan fingerprint density at radius 2 is 2.12 bits per heavy atom. The van der Waals surface area contributed by atoms with Crippen molar-refractivity contribution in [1.82, 2.24) is 14.9 Å². The average molecular weight is 345 g/mol. The molecule has 25 heavy (non-hydrogen) atoms. The number of carbonyl (C=O) groups is 1. The number of hydrogen-bond acceptors (Lipinski definition) is 6. The Bertz CT molecular complexity index is 847. The number of benzene rings is 1. The first kappa shape index (κ1) is 16.8. The summed E-state index contributed by atoms with van der Waals surface area (Å²) < 4.78 is 17.4. The molecule has 1 amide bonds. The van der Waals surface area contributed by atoms with Gasteiger partial charge in [-0.05, 0) is 26.0 Å². The minimum absolute atomic E-state index is 0.0987. The second-order valence-corrected chi connectivity index (χ2v) is 5.61. The average Bonchev–Trinajstić information content (AvgIpc) is 3.07. The topological polar surface area (TPSA) is 91.7 Å². The zero-order valence-electron chi connectivity index (χ0n) is 14.1. The van der Waals surface area contributed by atoms with Crippen molar-refractivity contribution in [3.63, 3.8) is 0 Å². The van der Waals surface area contributed by atoms with E-state index in [9.17, 15) is 9.59 Å². The quantitative estimate of drug-likeness (QED) is 0.832. The molecule has 0 atom stereocenters. The van der Waals surface area contributed by atoms with Crippen molar-refractivity contribution in [1.29, 1.82) is 0 Å². The molecule has 0 fully saturated rings. The molecular formula is C17H19N3O5. The van der Waals surface area contributed by atoms with Crippen LogP contribution in [0.5, 0.6) is 17.2 Å². The number of amides is 1. The van der Waals surface area contributed by atoms with Gasteiger partial charge in [0.1, 0.15) is 5.75 Å². The van der Waals surface area contributed by atoms with Gasteiger partial charge in [-0.1, -0.05) is 0 Å². The van der Waals surface area contributed by atoms with E-state index in [4.69, 9.17) is 14.2 Å². The highest BCUT2D eigenvalue weighted by molar-refractivity contribution is 5.77. The second-order valence-electron chi connectivity index (χ2n) is 5.61. The first-order valence-corrected chi connectivity index (χ1v) is 7.86. The maximum atomic E-state index is 12.0. The van der Waals surface area contributed by atoms with Crippen molar-refractivity contribution in [2.45, 2.75) is 20.4 Å². The third kappa shape index (κ3) is 3.90. The van der Waals surface area contributed by atoms with Crippen molar-refractivity contribution in [2.75, 3.05) is 19.9 Å². The fraction of sp³-hybridized carbons (Fsp3) is 0.353. The van der Waals surface area contributed by atoms with E-state index >= 15 is 0 Å². The number of fused-ring (bicyclic) bond motifs is 1. The molecule has 2 heterocycles. The third-order valence-corrected chi connectivity index (χ3v) is 3.90. The van der Waals surface area contributed by atoms with Crippen LogP contribution in [0.3, 0.4) is 0 Å². The molecule has 1 aromatic carbocycles. The maximum absolute atomic E-state index is 12.0. The Morgan fingerprint density at radius 1 is 1.32 bits per heavy atom. The van der Waals surface area contributed by atoms with Gasteiger partial charge < -0.3 is 19.5 Å². The molecule has 1 aromatic heterocycles. The number of aryl methyl sites for hydroxylation is 1. The van der Waals surface area contributed by atoms with E-state index in [1.165, 1.54) is 10.9 Å². The summed E-state index contributed by atoms with van der Waals surface area (Å²) in [6.07, 6.45) is 1.49. The molecule has 2 aromatic rings. The minimum Gasteiger partial charge on any atom is -0.484 e. The monoisotopic (exact) mass is 345 g/mol. The normalized spacial score (nSPS) is 12.1. The van der Waals surface area contributed by atoms with E-state index < -0.39 is 0 Å². The number of rotatable bonds is 6. The Morgan fingerprint density at radius 3 is 2.96 bits per heavy atom. The van der Waals surface area contributed by atoms with Crippen molar-refractivity contribution in [3.05, 3.63) is 46.1 Å². The van der Waals surface area contributed by atoms with E-state index in [-0.39, 0.29) is 24.9 Å². The Labute approximate surface area is 144 Å². The molecule has 0 saturated carbocycles. The van der Waals surface area contributed by atoms with E-state index in [1.54, 1.807) is 32.0 Å². The lowest BCUT2D eigenvalue weighted by atomic mass is 10.3. The van der Waals surface area contributed by atoms with Gasteiger partial charge in [0.2, 0.25) is 6.79 Å². The first-order valence-electron chi connectivity index (χ1n) is 7.86. The largest absolute Gasteiger partial charge is 0.484 e. The molecule has 8 nitrogen and oxygen atoms in total. The summed E-state index contributed by atoms with van der Waals surface area (Å²) in [6.45, 7) is 4.25. The lowest BCUT2D eigenvalue weighted by Crippen LogP contribution is -2.34. The van der Waals surface area contributed by atoms with Crippen LogP contribution in [-0.2, 0) is 11.3 Å². The predicted molar refractivity (Wildman–Crippen MR) is 89.0 cm³/mol. The number of hydrogen-bond donors (Lipinski definition) is 1. The summed E-state index contributed by atoms with van der Waals surface area (Å²) in [5, 5.41) is 2.71. The van der Waals surface area contributed by atoms with E-state index in [0.717, 1.165) is 0 Å². The highest BCUT2D eigenvalue weighted by Crippen LogP contribution is 2.34. The van der Waals surface area contributed by atoms with Crippen molar-refractivity contribution < 1.29 is 19.0 Å². The van der Waals surface area contributed by atoms with E-state index in [0.29, 0.717) is 41.6 Å². The summed E-state index contributed by atoms with van der Waals surface area (Å²) in [5.41, 5.74) is 1.22. The lowest BCUT2D eigenvalue weighted by molar-refractivity contribution is -0.123.